The number of amides is 1. The zero-order chi connectivity index (χ0) is 23.4. The maximum absolute atomic E-state index is 12.8. The van der Waals surface area contributed by atoms with E-state index in [0.29, 0.717) is 22.8 Å². The molecule has 0 aromatic heterocycles. The van der Waals surface area contributed by atoms with Gasteiger partial charge in [0.25, 0.3) is 0 Å². The largest absolute Gasteiger partial charge is 0.466 e. The SMILES string of the molecule is COC(=O)C1=C(C)N=C2SC=C(CC(=O)NCCN3CCCCC3)N2[C@@H]1c1ccc(Cl)cc1. The van der Waals surface area contributed by atoms with Crippen molar-refractivity contribution in [1.82, 2.24) is 15.1 Å². The minimum atomic E-state index is -0.440. The lowest BCUT2D eigenvalue weighted by molar-refractivity contribution is -0.136. The van der Waals surface area contributed by atoms with E-state index in [2.05, 4.69) is 15.2 Å². The Bertz CT molecular complexity index is 999. The van der Waals surface area contributed by atoms with Crippen molar-refractivity contribution in [3.63, 3.8) is 0 Å². The van der Waals surface area contributed by atoms with Crippen molar-refractivity contribution in [3.05, 3.63) is 57.2 Å². The van der Waals surface area contributed by atoms with Gasteiger partial charge in [0, 0.05) is 23.8 Å². The van der Waals surface area contributed by atoms with Crippen LogP contribution in [0.5, 0.6) is 0 Å². The van der Waals surface area contributed by atoms with Crippen molar-refractivity contribution < 1.29 is 14.3 Å². The van der Waals surface area contributed by atoms with E-state index in [1.54, 1.807) is 12.1 Å². The first-order valence-corrected chi connectivity index (χ1v) is 12.5. The summed E-state index contributed by atoms with van der Waals surface area (Å²) in [7, 11) is 1.37. The number of esters is 1. The van der Waals surface area contributed by atoms with Crippen molar-refractivity contribution in [2.75, 3.05) is 33.3 Å². The number of likely N-dealkylation sites (tertiary alicyclic amines) is 1. The number of fused-ring (bicyclic) bond motifs is 1. The number of benzene rings is 1. The number of methoxy groups -OCH3 is 1. The van der Waals surface area contributed by atoms with E-state index in [1.165, 1.54) is 38.1 Å². The van der Waals surface area contributed by atoms with Crippen LogP contribution in [0.1, 0.15) is 44.2 Å². The molecule has 1 aromatic rings. The monoisotopic (exact) mass is 488 g/mol. The van der Waals surface area contributed by atoms with Gasteiger partial charge >= 0.3 is 5.97 Å². The summed E-state index contributed by atoms with van der Waals surface area (Å²) >= 11 is 7.57. The van der Waals surface area contributed by atoms with E-state index in [0.717, 1.165) is 36.1 Å². The van der Waals surface area contributed by atoms with Crippen LogP contribution < -0.4 is 5.32 Å². The second-order valence-electron chi connectivity index (χ2n) is 8.37. The highest BCUT2D eigenvalue weighted by molar-refractivity contribution is 8.16. The molecule has 1 fully saturated rings. The molecule has 0 saturated carbocycles. The normalized spacial score (nSPS) is 20.8. The molecule has 0 unspecified atom stereocenters. The molecule has 1 saturated heterocycles. The molecule has 0 bridgehead atoms. The molecular weight excluding hydrogens is 460 g/mol. The van der Waals surface area contributed by atoms with Crippen LogP contribution in [0.25, 0.3) is 0 Å². The standard InChI is InChI=1S/C24H29ClN4O3S/c1-16-21(23(31)32-2)22(17-6-8-18(25)9-7-17)29-19(15-33-24(29)27-16)14-20(30)26-10-13-28-11-4-3-5-12-28/h6-9,15,22H,3-5,10-14H2,1-2H3,(H,26,30)/t22-/m1/s1. The van der Waals surface area contributed by atoms with Gasteiger partial charge in [-0.25, -0.2) is 9.79 Å². The molecule has 0 spiro atoms. The Morgan fingerprint density at radius 3 is 2.64 bits per heavy atom. The quantitative estimate of drug-likeness (QED) is 0.583. The number of amidine groups is 1. The Balaban J connectivity index is 1.50. The van der Waals surface area contributed by atoms with Crippen LogP contribution in [0.3, 0.4) is 0 Å². The average Bonchev–Trinajstić information content (AvgIpc) is 3.20. The van der Waals surface area contributed by atoms with Gasteiger partial charge in [-0.15, -0.1) is 0 Å². The van der Waals surface area contributed by atoms with Crippen LogP contribution in [0.2, 0.25) is 5.02 Å². The third kappa shape index (κ3) is 5.45. The molecule has 1 N–H and O–H groups in total. The van der Waals surface area contributed by atoms with Crippen LogP contribution in [0, 0.1) is 0 Å². The fraction of sp³-hybridized carbons (Fsp3) is 0.458. The van der Waals surface area contributed by atoms with Crippen LogP contribution >= 0.6 is 23.4 Å². The van der Waals surface area contributed by atoms with E-state index in [-0.39, 0.29) is 12.3 Å². The summed E-state index contributed by atoms with van der Waals surface area (Å²) in [6.07, 6.45) is 3.97. The molecule has 176 valence electrons. The Morgan fingerprint density at radius 1 is 1.21 bits per heavy atom. The highest BCUT2D eigenvalue weighted by atomic mass is 35.5. The van der Waals surface area contributed by atoms with Crippen LogP contribution in [-0.4, -0.2) is 60.1 Å². The van der Waals surface area contributed by atoms with Crippen LogP contribution in [-0.2, 0) is 14.3 Å². The maximum Gasteiger partial charge on any atom is 0.338 e. The number of ether oxygens (including phenoxy) is 1. The predicted octanol–water partition coefficient (Wildman–Crippen LogP) is 4.08. The van der Waals surface area contributed by atoms with E-state index in [4.69, 9.17) is 16.3 Å². The summed E-state index contributed by atoms with van der Waals surface area (Å²) in [6.45, 7) is 5.53. The highest BCUT2D eigenvalue weighted by Gasteiger charge is 2.40. The molecule has 0 aliphatic carbocycles. The Morgan fingerprint density at radius 2 is 1.94 bits per heavy atom. The van der Waals surface area contributed by atoms with Crippen LogP contribution in [0.15, 0.2) is 51.6 Å². The van der Waals surface area contributed by atoms with E-state index >= 15 is 0 Å². The first kappa shape index (κ1) is 23.9. The molecule has 3 heterocycles. The highest BCUT2D eigenvalue weighted by Crippen LogP contribution is 2.44. The third-order valence-electron chi connectivity index (χ3n) is 6.13. The molecular formula is C24H29ClN4O3S. The number of aliphatic imine (C=N–C) groups is 1. The number of nitrogens with one attached hydrogen (secondary N) is 1. The van der Waals surface area contributed by atoms with Crippen molar-refractivity contribution >= 4 is 40.4 Å². The fourth-order valence-corrected chi connectivity index (χ4v) is 5.55. The minimum Gasteiger partial charge on any atom is -0.466 e. The lowest BCUT2D eigenvalue weighted by Gasteiger charge is -2.36. The molecule has 7 nitrogen and oxygen atoms in total. The first-order valence-electron chi connectivity index (χ1n) is 11.2. The summed E-state index contributed by atoms with van der Waals surface area (Å²) in [6, 6.07) is 6.94. The molecule has 3 aliphatic heterocycles. The van der Waals surface area contributed by atoms with E-state index in [9.17, 15) is 9.59 Å². The molecule has 4 rings (SSSR count). The topological polar surface area (TPSA) is 74.2 Å². The van der Waals surface area contributed by atoms with Gasteiger partial charge in [-0.3, -0.25) is 4.79 Å². The average molecular weight is 489 g/mol. The zero-order valence-corrected chi connectivity index (χ0v) is 20.5. The zero-order valence-electron chi connectivity index (χ0n) is 19.0. The number of carbonyl (C=O) groups excluding carboxylic acids is 2. The lowest BCUT2D eigenvalue weighted by Crippen LogP contribution is -2.39. The molecule has 1 amide bonds. The minimum absolute atomic E-state index is 0.0409. The summed E-state index contributed by atoms with van der Waals surface area (Å²) in [5.41, 5.74) is 2.76. The Labute approximate surface area is 203 Å². The van der Waals surface area contributed by atoms with Gasteiger partial charge < -0.3 is 19.9 Å². The van der Waals surface area contributed by atoms with Crippen molar-refractivity contribution in [3.8, 4) is 0 Å². The molecule has 33 heavy (non-hydrogen) atoms. The number of rotatable bonds is 7. The lowest BCUT2D eigenvalue weighted by atomic mass is 9.94. The summed E-state index contributed by atoms with van der Waals surface area (Å²) in [5, 5.41) is 6.35. The molecule has 9 heteroatoms. The van der Waals surface area contributed by atoms with Crippen molar-refractivity contribution in [1.29, 1.82) is 0 Å². The molecule has 1 atom stereocenters. The van der Waals surface area contributed by atoms with Gasteiger partial charge in [0.2, 0.25) is 5.91 Å². The number of allylic oxidation sites excluding steroid dienone is 1. The number of hydrogen-bond acceptors (Lipinski definition) is 7. The van der Waals surface area contributed by atoms with Gasteiger partial charge in [0.1, 0.15) is 0 Å². The summed E-state index contributed by atoms with van der Waals surface area (Å²) < 4.78 is 5.08. The number of halogens is 1. The van der Waals surface area contributed by atoms with Crippen LogP contribution in [0.4, 0.5) is 0 Å². The van der Waals surface area contributed by atoms with Crippen molar-refractivity contribution in [2.24, 2.45) is 4.99 Å². The second-order valence-corrected chi connectivity index (χ2v) is 9.64. The van der Waals surface area contributed by atoms with E-state index in [1.807, 2.05) is 29.4 Å². The smallest absolute Gasteiger partial charge is 0.338 e. The van der Waals surface area contributed by atoms with Gasteiger partial charge in [-0.2, -0.15) is 0 Å². The Kier molecular flexibility index (Phi) is 7.78. The number of nitrogens with zero attached hydrogens (tertiary/aromatic N) is 3. The van der Waals surface area contributed by atoms with Gasteiger partial charge in [-0.1, -0.05) is 41.9 Å². The molecule has 0 radical (unpaired) electrons. The summed E-state index contributed by atoms with van der Waals surface area (Å²) in [4.78, 5) is 34.5. The number of piperidine rings is 1. The first-order chi connectivity index (χ1) is 16.0. The van der Waals surface area contributed by atoms with Gasteiger partial charge in [0.15, 0.2) is 5.17 Å². The number of hydrogen-bond donors (Lipinski definition) is 1. The van der Waals surface area contributed by atoms with Gasteiger partial charge in [0.05, 0.1) is 30.8 Å². The Hall–Kier alpha value is -2.29. The van der Waals surface area contributed by atoms with Gasteiger partial charge in [-0.05, 0) is 56.0 Å². The van der Waals surface area contributed by atoms with E-state index < -0.39 is 12.0 Å². The molecule has 1 aromatic carbocycles. The summed E-state index contributed by atoms with van der Waals surface area (Å²) in [5.74, 6) is -0.474. The predicted molar refractivity (Wildman–Crippen MR) is 132 cm³/mol. The number of carbonyl (C=O) groups is 2. The maximum atomic E-state index is 12.8. The second kappa shape index (κ2) is 10.8. The fourth-order valence-electron chi connectivity index (χ4n) is 4.46. The molecule has 3 aliphatic rings. The van der Waals surface area contributed by atoms with Crippen molar-refractivity contribution in [2.45, 2.75) is 38.6 Å². The number of thioether (sulfide) groups is 1. The third-order valence-corrected chi connectivity index (χ3v) is 7.27.